The SMILES string of the molecule is CCC1(CC)c2cc(/C=C/c3ccc(Nc4ccc5ccccc5c4)cc3)ccc2-c2ccc(Nc3ccccc3)cc21. The maximum atomic E-state index is 3.60. The Morgan fingerprint density at radius 3 is 1.74 bits per heavy atom. The van der Waals surface area contributed by atoms with Gasteiger partial charge in [0.2, 0.25) is 0 Å². The second-order valence-corrected chi connectivity index (χ2v) is 11.5. The monoisotopic (exact) mass is 556 g/mol. The Labute approximate surface area is 254 Å². The third kappa shape index (κ3) is 5.10. The lowest BCUT2D eigenvalue weighted by molar-refractivity contribution is 0.490. The summed E-state index contributed by atoms with van der Waals surface area (Å²) in [4.78, 5) is 0. The number of anilines is 4. The fourth-order valence-corrected chi connectivity index (χ4v) is 6.70. The molecule has 43 heavy (non-hydrogen) atoms. The molecule has 2 N–H and O–H groups in total. The molecule has 0 bridgehead atoms. The molecule has 2 nitrogen and oxygen atoms in total. The Bertz CT molecular complexity index is 1930. The minimum atomic E-state index is 0.0129. The first-order chi connectivity index (χ1) is 21.1. The number of hydrogen-bond acceptors (Lipinski definition) is 2. The molecular weight excluding hydrogens is 520 g/mol. The van der Waals surface area contributed by atoms with Crippen molar-refractivity contribution in [3.05, 3.63) is 156 Å². The molecule has 0 fully saturated rings. The number of fused-ring (bicyclic) bond motifs is 4. The molecule has 0 heterocycles. The minimum Gasteiger partial charge on any atom is -0.356 e. The molecule has 1 aliphatic rings. The van der Waals surface area contributed by atoms with Crippen molar-refractivity contribution in [2.45, 2.75) is 32.1 Å². The highest BCUT2D eigenvalue weighted by molar-refractivity contribution is 5.87. The van der Waals surface area contributed by atoms with E-state index in [-0.39, 0.29) is 5.41 Å². The predicted molar refractivity (Wildman–Crippen MR) is 186 cm³/mol. The summed E-state index contributed by atoms with van der Waals surface area (Å²) in [5, 5.41) is 9.64. The predicted octanol–water partition coefficient (Wildman–Crippen LogP) is 11.6. The average Bonchev–Trinajstić information content (AvgIpc) is 3.33. The molecule has 0 saturated carbocycles. The summed E-state index contributed by atoms with van der Waals surface area (Å²) in [6, 6.07) is 47.9. The van der Waals surface area contributed by atoms with Crippen LogP contribution in [0.1, 0.15) is 48.9 Å². The molecule has 0 atom stereocenters. The fourth-order valence-electron chi connectivity index (χ4n) is 6.70. The standard InChI is InChI=1S/C41H36N2/c1-3-41(4-2)39-26-30(18-24-37(39)38-25-23-36(28-40(38)41)42-33-12-6-5-7-13-33)15-14-29-16-20-34(21-17-29)43-35-22-19-31-10-8-9-11-32(31)27-35/h5-28,42-43H,3-4H2,1-2H3/b15-14+. The van der Waals surface area contributed by atoms with Crippen molar-refractivity contribution in [3.8, 4) is 11.1 Å². The number of hydrogen-bond donors (Lipinski definition) is 2. The van der Waals surface area contributed by atoms with Gasteiger partial charge in [0.25, 0.3) is 0 Å². The van der Waals surface area contributed by atoms with Gasteiger partial charge in [-0.2, -0.15) is 0 Å². The highest BCUT2D eigenvalue weighted by Gasteiger charge is 2.40. The Kier molecular flexibility index (Phi) is 7.04. The van der Waals surface area contributed by atoms with Crippen molar-refractivity contribution in [2.24, 2.45) is 0 Å². The summed E-state index contributed by atoms with van der Waals surface area (Å²) in [5.41, 5.74) is 12.5. The fraction of sp³-hybridized carbons (Fsp3) is 0.122. The van der Waals surface area contributed by atoms with Gasteiger partial charge < -0.3 is 10.6 Å². The molecule has 0 saturated heterocycles. The highest BCUT2D eigenvalue weighted by atomic mass is 14.9. The molecule has 0 aliphatic heterocycles. The van der Waals surface area contributed by atoms with E-state index in [4.69, 9.17) is 0 Å². The van der Waals surface area contributed by atoms with Gasteiger partial charge in [-0.05, 0) is 106 Å². The first-order valence-electron chi connectivity index (χ1n) is 15.3. The van der Waals surface area contributed by atoms with Gasteiger partial charge in [0.1, 0.15) is 0 Å². The topological polar surface area (TPSA) is 24.1 Å². The van der Waals surface area contributed by atoms with E-state index in [0.717, 1.165) is 35.6 Å². The molecule has 7 rings (SSSR count). The van der Waals surface area contributed by atoms with E-state index < -0.39 is 0 Å². The van der Waals surface area contributed by atoms with Crippen LogP contribution < -0.4 is 10.6 Å². The summed E-state index contributed by atoms with van der Waals surface area (Å²) < 4.78 is 0. The first-order valence-corrected chi connectivity index (χ1v) is 15.3. The largest absolute Gasteiger partial charge is 0.356 e. The average molecular weight is 557 g/mol. The third-order valence-electron chi connectivity index (χ3n) is 9.07. The quantitative estimate of drug-likeness (QED) is 0.182. The van der Waals surface area contributed by atoms with E-state index in [0.29, 0.717) is 0 Å². The van der Waals surface area contributed by atoms with E-state index in [9.17, 15) is 0 Å². The number of rotatable bonds is 8. The third-order valence-corrected chi connectivity index (χ3v) is 9.07. The Balaban J connectivity index is 1.11. The van der Waals surface area contributed by atoms with Crippen LogP contribution in [-0.2, 0) is 5.41 Å². The van der Waals surface area contributed by atoms with Gasteiger partial charge in [-0.15, -0.1) is 0 Å². The normalized spacial score (nSPS) is 13.2. The van der Waals surface area contributed by atoms with Crippen LogP contribution in [0.5, 0.6) is 0 Å². The van der Waals surface area contributed by atoms with Crippen LogP contribution >= 0.6 is 0 Å². The van der Waals surface area contributed by atoms with E-state index in [2.05, 4.69) is 170 Å². The van der Waals surface area contributed by atoms with Gasteiger partial charge >= 0.3 is 0 Å². The smallest absolute Gasteiger partial charge is 0.0390 e. The van der Waals surface area contributed by atoms with E-state index in [1.54, 1.807) is 0 Å². The van der Waals surface area contributed by atoms with Gasteiger partial charge in [-0.1, -0.05) is 111 Å². The van der Waals surface area contributed by atoms with Crippen LogP contribution in [0.15, 0.2) is 133 Å². The minimum absolute atomic E-state index is 0.0129. The van der Waals surface area contributed by atoms with E-state index in [1.165, 1.54) is 44.2 Å². The molecule has 2 heteroatoms. The van der Waals surface area contributed by atoms with Gasteiger partial charge in [-0.3, -0.25) is 0 Å². The van der Waals surface area contributed by atoms with Crippen LogP contribution in [0, 0.1) is 0 Å². The van der Waals surface area contributed by atoms with E-state index in [1.807, 2.05) is 0 Å². The zero-order valence-electron chi connectivity index (χ0n) is 24.8. The summed E-state index contributed by atoms with van der Waals surface area (Å²) in [6.45, 7) is 4.66. The summed E-state index contributed by atoms with van der Waals surface area (Å²) in [7, 11) is 0. The van der Waals surface area contributed by atoms with Crippen molar-refractivity contribution in [1.29, 1.82) is 0 Å². The van der Waals surface area contributed by atoms with Crippen LogP contribution in [0.2, 0.25) is 0 Å². The second kappa shape index (κ2) is 11.3. The van der Waals surface area contributed by atoms with Crippen LogP contribution in [0.4, 0.5) is 22.7 Å². The molecule has 0 unspecified atom stereocenters. The highest BCUT2D eigenvalue weighted by Crippen LogP contribution is 2.53. The Morgan fingerprint density at radius 2 is 1.00 bits per heavy atom. The number of nitrogens with one attached hydrogen (secondary N) is 2. The molecule has 0 spiro atoms. The lowest BCUT2D eigenvalue weighted by atomic mass is 9.73. The molecule has 6 aromatic carbocycles. The maximum Gasteiger partial charge on any atom is 0.0390 e. The lowest BCUT2D eigenvalue weighted by Gasteiger charge is -2.30. The molecule has 6 aromatic rings. The van der Waals surface area contributed by atoms with Crippen molar-refractivity contribution >= 4 is 45.7 Å². The Hall–Kier alpha value is -5.08. The summed E-state index contributed by atoms with van der Waals surface area (Å²) in [5.74, 6) is 0. The van der Waals surface area contributed by atoms with Gasteiger partial charge in [0, 0.05) is 28.2 Å². The van der Waals surface area contributed by atoms with Crippen molar-refractivity contribution < 1.29 is 0 Å². The molecule has 1 aliphatic carbocycles. The van der Waals surface area contributed by atoms with E-state index >= 15 is 0 Å². The molecule has 0 aromatic heterocycles. The van der Waals surface area contributed by atoms with Crippen LogP contribution in [0.3, 0.4) is 0 Å². The second-order valence-electron chi connectivity index (χ2n) is 11.5. The molecular formula is C41H36N2. The van der Waals surface area contributed by atoms with Gasteiger partial charge in [-0.25, -0.2) is 0 Å². The number of benzene rings is 6. The molecule has 0 radical (unpaired) electrons. The van der Waals surface area contributed by atoms with Crippen LogP contribution in [0.25, 0.3) is 34.1 Å². The Morgan fingerprint density at radius 1 is 0.465 bits per heavy atom. The summed E-state index contributed by atoms with van der Waals surface area (Å²) in [6.07, 6.45) is 6.59. The van der Waals surface area contributed by atoms with Crippen LogP contribution in [-0.4, -0.2) is 0 Å². The molecule has 0 amide bonds. The van der Waals surface area contributed by atoms with Gasteiger partial charge in [0.15, 0.2) is 0 Å². The lowest BCUT2D eigenvalue weighted by Crippen LogP contribution is -2.23. The zero-order chi connectivity index (χ0) is 29.2. The number of para-hydroxylation sites is 1. The van der Waals surface area contributed by atoms with Crippen molar-refractivity contribution in [2.75, 3.05) is 10.6 Å². The first kappa shape index (κ1) is 26.8. The molecule has 210 valence electrons. The summed E-state index contributed by atoms with van der Waals surface area (Å²) >= 11 is 0. The zero-order valence-corrected chi connectivity index (χ0v) is 24.8. The van der Waals surface area contributed by atoms with Crippen molar-refractivity contribution in [1.82, 2.24) is 0 Å². The van der Waals surface area contributed by atoms with Gasteiger partial charge in [0.05, 0.1) is 0 Å². The van der Waals surface area contributed by atoms with Crippen molar-refractivity contribution in [3.63, 3.8) is 0 Å². The maximum absolute atomic E-state index is 3.60.